The fourth-order valence-corrected chi connectivity index (χ4v) is 8.43. The summed E-state index contributed by atoms with van der Waals surface area (Å²) in [4.78, 5) is 37.1. The Balaban J connectivity index is 1.60. The maximum absolute atomic E-state index is 12.8. The smallest absolute Gasteiger partial charge is 0.303 e. The average molecular weight is 417 g/mol. The number of esters is 1. The first-order chi connectivity index (χ1) is 13.6. The monoisotopic (exact) mass is 416 g/mol. The SMILES string of the molecule is CC(=O)O[C@@]1(C(C)=O)CC[C@@H]2[C@H]3C=C(Cl)C4=CC(=O)[C@H]5C[C@H]5[C@@]4(C)[C@@H]3CC[C@]21C. The highest BCUT2D eigenvalue weighted by atomic mass is 35.5. The predicted octanol–water partition coefficient (Wildman–Crippen LogP) is 4.61. The van der Waals surface area contributed by atoms with Crippen LogP contribution in [0.3, 0.4) is 0 Å². The number of hydrogen-bond acceptors (Lipinski definition) is 4. The molecule has 3 fully saturated rings. The molecule has 29 heavy (non-hydrogen) atoms. The lowest BCUT2D eigenvalue weighted by molar-refractivity contribution is -0.185. The molecule has 5 heteroatoms. The number of halogens is 1. The first kappa shape index (κ1) is 19.5. The van der Waals surface area contributed by atoms with E-state index in [0.29, 0.717) is 23.3 Å². The minimum Gasteiger partial charge on any atom is -0.451 e. The average Bonchev–Trinajstić information content (AvgIpc) is 3.39. The summed E-state index contributed by atoms with van der Waals surface area (Å²) in [6.07, 6.45) is 8.18. The van der Waals surface area contributed by atoms with Gasteiger partial charge in [0.1, 0.15) is 0 Å². The van der Waals surface area contributed by atoms with Gasteiger partial charge in [-0.2, -0.15) is 0 Å². The van der Waals surface area contributed by atoms with Gasteiger partial charge in [0.2, 0.25) is 0 Å². The maximum atomic E-state index is 12.8. The lowest BCUT2D eigenvalue weighted by Crippen LogP contribution is -2.58. The van der Waals surface area contributed by atoms with Crippen LogP contribution >= 0.6 is 11.6 Å². The third-order valence-electron chi connectivity index (χ3n) is 9.50. The molecule has 0 aliphatic heterocycles. The van der Waals surface area contributed by atoms with Crippen molar-refractivity contribution in [3.63, 3.8) is 0 Å². The van der Waals surface area contributed by atoms with E-state index < -0.39 is 5.60 Å². The minimum atomic E-state index is -1.03. The molecule has 0 bridgehead atoms. The number of ketones is 2. The van der Waals surface area contributed by atoms with Crippen molar-refractivity contribution in [2.45, 2.75) is 65.4 Å². The lowest BCUT2D eigenvalue weighted by Gasteiger charge is -2.57. The zero-order valence-electron chi connectivity index (χ0n) is 17.6. The van der Waals surface area contributed by atoms with Gasteiger partial charge in [-0.15, -0.1) is 0 Å². The van der Waals surface area contributed by atoms with Crippen molar-refractivity contribution >= 4 is 29.1 Å². The Hall–Kier alpha value is -1.42. The number of Topliss-reactive ketones (excluding diaryl/α,β-unsaturated/α-hetero) is 1. The van der Waals surface area contributed by atoms with Crippen LogP contribution < -0.4 is 0 Å². The second kappa shape index (κ2) is 5.84. The van der Waals surface area contributed by atoms with Gasteiger partial charge in [0, 0.05) is 28.7 Å². The van der Waals surface area contributed by atoms with E-state index in [1.165, 1.54) is 6.92 Å². The van der Waals surface area contributed by atoms with Crippen LogP contribution in [0, 0.1) is 40.4 Å². The third kappa shape index (κ3) is 2.24. The summed E-state index contributed by atoms with van der Waals surface area (Å²) in [5.74, 6) is 1.27. The number of allylic oxidation sites excluding steroid dienone is 4. The van der Waals surface area contributed by atoms with Gasteiger partial charge in [-0.05, 0) is 74.3 Å². The summed E-state index contributed by atoms with van der Waals surface area (Å²) < 4.78 is 5.82. The van der Waals surface area contributed by atoms with Crippen molar-refractivity contribution in [2.24, 2.45) is 40.4 Å². The molecule has 0 amide bonds. The molecule has 0 heterocycles. The van der Waals surface area contributed by atoms with Crippen LogP contribution in [0.15, 0.2) is 22.8 Å². The summed E-state index contributed by atoms with van der Waals surface area (Å²) in [7, 11) is 0. The van der Waals surface area contributed by atoms with Crippen LogP contribution in [0.25, 0.3) is 0 Å². The fraction of sp³-hybridized carbons (Fsp3) is 0.708. The Morgan fingerprint density at radius 2 is 1.79 bits per heavy atom. The molecule has 0 aromatic carbocycles. The fourth-order valence-electron chi connectivity index (χ4n) is 8.03. The highest BCUT2D eigenvalue weighted by molar-refractivity contribution is 6.32. The molecule has 0 radical (unpaired) electrons. The van der Waals surface area contributed by atoms with Crippen LogP contribution in [0.5, 0.6) is 0 Å². The van der Waals surface area contributed by atoms with Crippen LogP contribution in [0.4, 0.5) is 0 Å². The second-order valence-electron chi connectivity index (χ2n) is 10.5. The van der Waals surface area contributed by atoms with E-state index in [-0.39, 0.29) is 46.1 Å². The van der Waals surface area contributed by atoms with E-state index in [4.69, 9.17) is 16.3 Å². The molecule has 0 aromatic rings. The topological polar surface area (TPSA) is 60.4 Å². The minimum absolute atomic E-state index is 0.0423. The van der Waals surface area contributed by atoms with Gasteiger partial charge in [-0.1, -0.05) is 31.5 Å². The highest BCUT2D eigenvalue weighted by Crippen LogP contribution is 2.72. The van der Waals surface area contributed by atoms with E-state index in [2.05, 4.69) is 19.9 Å². The Kier molecular flexibility index (Phi) is 3.93. The van der Waals surface area contributed by atoms with E-state index in [1.807, 2.05) is 6.08 Å². The molecule has 0 N–H and O–H groups in total. The molecule has 5 aliphatic carbocycles. The van der Waals surface area contributed by atoms with Crippen molar-refractivity contribution in [1.82, 2.24) is 0 Å². The van der Waals surface area contributed by atoms with Crippen molar-refractivity contribution in [1.29, 1.82) is 0 Å². The number of fused-ring (bicyclic) bond motifs is 7. The first-order valence-corrected chi connectivity index (χ1v) is 11.3. The first-order valence-electron chi connectivity index (χ1n) is 10.9. The molecule has 156 valence electrons. The molecular weight excluding hydrogens is 388 g/mol. The van der Waals surface area contributed by atoms with Gasteiger partial charge in [0.05, 0.1) is 0 Å². The van der Waals surface area contributed by atoms with Gasteiger partial charge >= 0.3 is 5.97 Å². The van der Waals surface area contributed by atoms with Gasteiger partial charge < -0.3 is 4.74 Å². The Bertz CT molecular complexity index is 903. The lowest BCUT2D eigenvalue weighted by atomic mass is 9.47. The Labute approximate surface area is 177 Å². The van der Waals surface area contributed by atoms with Gasteiger partial charge in [0.15, 0.2) is 17.2 Å². The maximum Gasteiger partial charge on any atom is 0.303 e. The summed E-state index contributed by atoms with van der Waals surface area (Å²) in [6.45, 7) is 7.42. The number of hydrogen-bond donors (Lipinski definition) is 0. The largest absolute Gasteiger partial charge is 0.451 e. The zero-order chi connectivity index (χ0) is 20.9. The number of carbonyl (C=O) groups is 3. The Morgan fingerprint density at radius 3 is 2.45 bits per heavy atom. The van der Waals surface area contributed by atoms with Crippen LogP contribution in [-0.4, -0.2) is 23.1 Å². The molecule has 0 unspecified atom stereocenters. The van der Waals surface area contributed by atoms with E-state index in [9.17, 15) is 14.4 Å². The summed E-state index contributed by atoms with van der Waals surface area (Å²) in [6, 6.07) is 0. The molecule has 5 aliphatic rings. The molecule has 0 spiro atoms. The molecule has 0 aromatic heterocycles. The van der Waals surface area contributed by atoms with E-state index >= 15 is 0 Å². The summed E-state index contributed by atoms with van der Waals surface area (Å²) in [5.41, 5.74) is -0.455. The second-order valence-corrected chi connectivity index (χ2v) is 10.9. The predicted molar refractivity (Wildman–Crippen MR) is 109 cm³/mol. The van der Waals surface area contributed by atoms with Crippen LogP contribution in [0.1, 0.15) is 59.8 Å². The van der Waals surface area contributed by atoms with Gasteiger partial charge in [-0.25, -0.2) is 0 Å². The molecule has 5 rings (SSSR count). The van der Waals surface area contributed by atoms with Crippen molar-refractivity contribution < 1.29 is 19.1 Å². The van der Waals surface area contributed by atoms with Gasteiger partial charge in [-0.3, -0.25) is 14.4 Å². The highest BCUT2D eigenvalue weighted by Gasteiger charge is 2.70. The third-order valence-corrected chi connectivity index (χ3v) is 9.83. The number of ether oxygens (including phenoxy) is 1. The van der Waals surface area contributed by atoms with E-state index in [1.54, 1.807) is 6.92 Å². The summed E-state index contributed by atoms with van der Waals surface area (Å²) >= 11 is 6.79. The van der Waals surface area contributed by atoms with Crippen molar-refractivity contribution in [3.05, 3.63) is 22.8 Å². The van der Waals surface area contributed by atoms with Crippen LogP contribution in [0.2, 0.25) is 0 Å². The normalized spacial score (nSPS) is 49.7. The zero-order valence-corrected chi connectivity index (χ0v) is 18.3. The van der Waals surface area contributed by atoms with Gasteiger partial charge in [0.25, 0.3) is 0 Å². The molecule has 3 saturated carbocycles. The Morgan fingerprint density at radius 1 is 1.10 bits per heavy atom. The molecular formula is C24H29ClO4. The quantitative estimate of drug-likeness (QED) is 0.617. The number of rotatable bonds is 2. The number of carbonyl (C=O) groups excluding carboxylic acids is 3. The molecule has 4 nitrogen and oxygen atoms in total. The van der Waals surface area contributed by atoms with Crippen molar-refractivity contribution in [3.8, 4) is 0 Å². The standard InChI is InChI=1S/C24H29ClO4/c1-12(26)24(29-13(2)27)8-6-16-14-10-20(25)19-11-21(28)15-9-18(15)23(19,4)17(14)5-7-22(16,24)3/h10-11,14-18H,5-9H2,1-4H3/t14-,15+,16-,17-,18-,22-,23-,24-/m1/s1. The van der Waals surface area contributed by atoms with Crippen molar-refractivity contribution in [2.75, 3.05) is 0 Å². The summed E-state index contributed by atoms with van der Waals surface area (Å²) in [5, 5.41) is 0.713. The molecule has 8 atom stereocenters. The van der Waals surface area contributed by atoms with Crippen LogP contribution in [-0.2, 0) is 19.1 Å². The van der Waals surface area contributed by atoms with E-state index in [0.717, 1.165) is 31.3 Å². The molecule has 0 saturated heterocycles.